The molecule has 0 saturated heterocycles. The summed E-state index contributed by atoms with van der Waals surface area (Å²) in [5.41, 5.74) is 2.59. The molecule has 1 fully saturated rings. The van der Waals surface area contributed by atoms with E-state index >= 15 is 0 Å². The number of nitrogens with zero attached hydrogens (tertiary/aromatic N) is 2. The van der Waals surface area contributed by atoms with Crippen LogP contribution in [-0.2, 0) is 4.79 Å². The molecule has 0 spiro atoms. The molecule has 0 radical (unpaired) electrons. The van der Waals surface area contributed by atoms with Crippen LogP contribution >= 0.6 is 11.6 Å². The number of fused-ring (bicyclic) bond motifs is 1. The van der Waals surface area contributed by atoms with Gasteiger partial charge in [-0.1, -0.05) is 25.4 Å². The van der Waals surface area contributed by atoms with Crippen molar-refractivity contribution in [2.75, 3.05) is 5.32 Å². The average Bonchev–Trinajstić information content (AvgIpc) is 2.90. The number of ketones is 1. The molecular formula is C28H31ClFN5O5. The van der Waals surface area contributed by atoms with E-state index < -0.39 is 23.7 Å². The molecule has 0 aliphatic heterocycles. The zero-order chi connectivity index (χ0) is 29.1. The Labute approximate surface area is 235 Å². The quantitative estimate of drug-likeness (QED) is 0.233. The molecule has 1 aliphatic carbocycles. The van der Waals surface area contributed by atoms with Crippen LogP contribution in [0.2, 0.25) is 5.02 Å². The first-order valence-corrected chi connectivity index (χ1v) is 13.4. The number of aromatic nitrogens is 2. The van der Waals surface area contributed by atoms with Crippen LogP contribution in [0, 0.1) is 11.7 Å². The predicted molar refractivity (Wildman–Crippen MR) is 149 cm³/mol. The third kappa shape index (κ3) is 6.41. The van der Waals surface area contributed by atoms with Crippen molar-refractivity contribution in [2.45, 2.75) is 64.6 Å². The van der Waals surface area contributed by atoms with E-state index in [1.54, 1.807) is 26.0 Å². The topological polar surface area (TPSA) is 154 Å². The van der Waals surface area contributed by atoms with Crippen LogP contribution in [0.15, 0.2) is 30.5 Å². The number of anilines is 1. The van der Waals surface area contributed by atoms with Crippen molar-refractivity contribution in [3.05, 3.63) is 46.9 Å². The number of aromatic hydroxyl groups is 1. The van der Waals surface area contributed by atoms with Crippen molar-refractivity contribution >= 4 is 46.1 Å². The third-order valence-electron chi connectivity index (χ3n) is 7.05. The number of rotatable bonds is 8. The Morgan fingerprint density at radius 3 is 2.38 bits per heavy atom. The van der Waals surface area contributed by atoms with Crippen LogP contribution in [0.1, 0.15) is 56.8 Å². The van der Waals surface area contributed by atoms with E-state index in [1.165, 1.54) is 19.2 Å². The van der Waals surface area contributed by atoms with Crippen LogP contribution in [0.25, 0.3) is 22.3 Å². The fraction of sp³-hybridized carbons (Fsp3) is 0.393. The number of hydrogen-bond acceptors (Lipinski definition) is 7. The summed E-state index contributed by atoms with van der Waals surface area (Å²) in [6.07, 6.45) is 2.93. The van der Waals surface area contributed by atoms with E-state index in [0.29, 0.717) is 59.2 Å². The maximum atomic E-state index is 14.2. The second-order valence-electron chi connectivity index (χ2n) is 10.3. The van der Waals surface area contributed by atoms with Crippen molar-refractivity contribution in [3.63, 3.8) is 0 Å². The van der Waals surface area contributed by atoms with E-state index in [4.69, 9.17) is 16.7 Å². The number of carbonyl (C=O) groups is 3. The predicted octanol–water partition coefficient (Wildman–Crippen LogP) is 5.13. The van der Waals surface area contributed by atoms with Gasteiger partial charge in [-0.05, 0) is 62.8 Å². The zero-order valence-corrected chi connectivity index (χ0v) is 23.1. The number of halogens is 2. The van der Waals surface area contributed by atoms with Gasteiger partial charge in [0.1, 0.15) is 11.6 Å². The van der Waals surface area contributed by atoms with Crippen LogP contribution < -0.4 is 16.0 Å². The summed E-state index contributed by atoms with van der Waals surface area (Å²) in [4.78, 5) is 45.3. The van der Waals surface area contributed by atoms with Gasteiger partial charge in [0.25, 0.3) is 0 Å². The van der Waals surface area contributed by atoms with Gasteiger partial charge in [-0.2, -0.15) is 0 Å². The fourth-order valence-electron chi connectivity index (χ4n) is 4.90. The lowest BCUT2D eigenvalue weighted by molar-refractivity contribution is -0.125. The molecule has 2 amide bonds. The number of carboxylic acid groups (broad SMARTS) is 1. The van der Waals surface area contributed by atoms with Gasteiger partial charge < -0.3 is 26.2 Å². The Morgan fingerprint density at radius 1 is 1.10 bits per heavy atom. The number of phenolic OH excluding ortho intramolecular Hbond substituents is 1. The number of pyridine rings is 2. The van der Waals surface area contributed by atoms with Gasteiger partial charge in [0.2, 0.25) is 5.91 Å². The Morgan fingerprint density at radius 2 is 1.77 bits per heavy atom. The summed E-state index contributed by atoms with van der Waals surface area (Å²) < 4.78 is 14.2. The van der Waals surface area contributed by atoms with Gasteiger partial charge in [-0.25, -0.2) is 14.2 Å². The minimum Gasteiger partial charge on any atom is -0.504 e. The molecule has 10 nitrogen and oxygen atoms in total. The lowest BCUT2D eigenvalue weighted by atomic mass is 9.90. The van der Waals surface area contributed by atoms with Gasteiger partial charge in [-0.3, -0.25) is 14.6 Å². The average molecular weight is 572 g/mol. The number of Topliss-reactive ketones (excluding diaryl/α,β-unsaturated/α-hetero) is 1. The minimum atomic E-state index is -1.25. The summed E-state index contributed by atoms with van der Waals surface area (Å²) in [5, 5.41) is 27.3. The van der Waals surface area contributed by atoms with Crippen LogP contribution in [-0.4, -0.2) is 56.1 Å². The van der Waals surface area contributed by atoms with Crippen LogP contribution in [0.4, 0.5) is 14.9 Å². The second kappa shape index (κ2) is 12.0. The summed E-state index contributed by atoms with van der Waals surface area (Å²) >= 11 is 5.97. The largest absolute Gasteiger partial charge is 0.504 e. The number of phenols is 1. The first-order valence-electron chi connectivity index (χ1n) is 13.0. The lowest BCUT2D eigenvalue weighted by Crippen LogP contribution is -2.52. The highest BCUT2D eigenvalue weighted by molar-refractivity contribution is 6.32. The number of benzene rings is 1. The van der Waals surface area contributed by atoms with E-state index in [2.05, 4.69) is 25.9 Å². The number of amides is 2. The highest BCUT2D eigenvalue weighted by atomic mass is 35.5. The van der Waals surface area contributed by atoms with E-state index in [-0.39, 0.29) is 34.7 Å². The first kappa shape index (κ1) is 29.0. The van der Waals surface area contributed by atoms with Crippen molar-refractivity contribution in [1.82, 2.24) is 20.6 Å². The van der Waals surface area contributed by atoms with Gasteiger partial charge in [0, 0.05) is 23.8 Å². The Hall–Kier alpha value is -3.99. The second-order valence-corrected chi connectivity index (χ2v) is 10.7. The van der Waals surface area contributed by atoms with E-state index in [9.17, 15) is 23.9 Å². The molecule has 1 aromatic carbocycles. The maximum Gasteiger partial charge on any atom is 0.405 e. The van der Waals surface area contributed by atoms with Crippen molar-refractivity contribution in [1.29, 1.82) is 0 Å². The molecular weight excluding hydrogens is 541 g/mol. The van der Waals surface area contributed by atoms with Crippen molar-refractivity contribution in [2.24, 2.45) is 5.92 Å². The minimum absolute atomic E-state index is 0.0269. The monoisotopic (exact) mass is 571 g/mol. The third-order valence-corrected chi connectivity index (χ3v) is 7.34. The molecule has 1 atom stereocenters. The molecule has 3 aromatic rings. The molecule has 1 aliphatic rings. The van der Waals surface area contributed by atoms with Crippen molar-refractivity contribution < 1.29 is 29.0 Å². The number of hydrogen-bond donors (Lipinski definition) is 5. The molecule has 40 heavy (non-hydrogen) atoms. The molecule has 212 valence electrons. The molecule has 0 bridgehead atoms. The highest BCUT2D eigenvalue weighted by Gasteiger charge is 2.29. The van der Waals surface area contributed by atoms with Crippen LogP contribution in [0.5, 0.6) is 5.75 Å². The lowest BCUT2D eigenvalue weighted by Gasteiger charge is -2.32. The van der Waals surface area contributed by atoms with Crippen LogP contribution in [0.3, 0.4) is 0 Å². The fourth-order valence-corrected chi connectivity index (χ4v) is 5.11. The number of nitrogens with one attached hydrogen (secondary N) is 3. The highest BCUT2D eigenvalue weighted by Crippen LogP contribution is 2.34. The Kier molecular flexibility index (Phi) is 8.73. The molecule has 1 saturated carbocycles. The zero-order valence-electron chi connectivity index (χ0n) is 22.3. The van der Waals surface area contributed by atoms with E-state index in [0.717, 1.165) is 6.07 Å². The normalized spacial score (nSPS) is 17.9. The summed E-state index contributed by atoms with van der Waals surface area (Å²) in [6, 6.07) is 4.95. The van der Waals surface area contributed by atoms with Gasteiger partial charge in [0.05, 0.1) is 27.5 Å². The summed E-state index contributed by atoms with van der Waals surface area (Å²) in [7, 11) is 0. The molecule has 12 heteroatoms. The Bertz CT molecular complexity index is 1440. The SMILES string of the molecule is CC(=O)c1cnc2ccc(-c3cc(F)c(O)c(Cl)c3)nc2c1NC1CCC(NC(=O)C(NC(=O)O)C(C)C)CC1. The Balaban J connectivity index is 1.55. The summed E-state index contributed by atoms with van der Waals surface area (Å²) in [5.74, 6) is -2.27. The molecule has 2 aromatic heterocycles. The smallest absolute Gasteiger partial charge is 0.405 e. The molecule has 1 unspecified atom stereocenters. The summed E-state index contributed by atoms with van der Waals surface area (Å²) in [6.45, 7) is 4.99. The molecule has 5 N–H and O–H groups in total. The number of carbonyl (C=O) groups excluding carboxylic acids is 2. The molecule has 2 heterocycles. The molecule has 4 rings (SSSR count). The maximum absolute atomic E-state index is 14.2. The first-order chi connectivity index (χ1) is 18.9. The van der Waals surface area contributed by atoms with Gasteiger partial charge in [0.15, 0.2) is 17.3 Å². The van der Waals surface area contributed by atoms with Crippen molar-refractivity contribution in [3.8, 4) is 17.0 Å². The standard InChI is InChI=1S/C28H31ClFN5O5/c1-13(2)23(35-28(39)40)27(38)33-17-6-4-16(5-7-17)32-24-18(14(3)36)12-31-22-9-8-21(34-25(22)24)15-10-19(29)26(37)20(30)11-15/h8-13,16-17,23,35,37H,4-7H2,1-3H3,(H,31,32)(H,33,38)(H,39,40). The van der Waals surface area contributed by atoms with Gasteiger partial charge >= 0.3 is 6.09 Å². The van der Waals surface area contributed by atoms with E-state index in [1.807, 2.05) is 0 Å². The van der Waals surface area contributed by atoms with Gasteiger partial charge in [-0.15, -0.1) is 0 Å².